The molecule has 2 N–H and O–H groups in total. The zero-order valence-electron chi connectivity index (χ0n) is 14.0. The summed E-state index contributed by atoms with van der Waals surface area (Å²) in [6.45, 7) is 9.11. The van der Waals surface area contributed by atoms with Crippen molar-refractivity contribution in [3.05, 3.63) is 0 Å². The van der Waals surface area contributed by atoms with Crippen LogP contribution in [0.3, 0.4) is 0 Å². The molecular formula is C13H30N2O4S3. The molecule has 0 aromatic carbocycles. The van der Waals surface area contributed by atoms with Crippen molar-refractivity contribution in [1.82, 2.24) is 9.44 Å². The van der Waals surface area contributed by atoms with Crippen LogP contribution in [0.15, 0.2) is 0 Å². The Hall–Kier alpha value is 0.170. The number of nitrogens with one attached hydrogen (secondary N) is 2. The molecule has 0 saturated carbocycles. The van der Waals surface area contributed by atoms with Crippen LogP contribution in [0.25, 0.3) is 0 Å². The number of hydrogen-bond donors (Lipinski definition) is 3. The van der Waals surface area contributed by atoms with E-state index in [0.717, 1.165) is 6.42 Å². The quantitative estimate of drug-likeness (QED) is 0.480. The molecule has 0 saturated heterocycles. The Kier molecular flexibility index (Phi) is 9.54. The van der Waals surface area contributed by atoms with Gasteiger partial charge in [0.15, 0.2) is 0 Å². The van der Waals surface area contributed by atoms with Gasteiger partial charge in [0.05, 0.1) is 5.25 Å². The predicted octanol–water partition coefficient (Wildman–Crippen LogP) is 1.70. The Balaban J connectivity index is 4.33. The first-order valence-corrected chi connectivity index (χ1v) is 11.2. The number of thiol groups is 1. The Bertz CT molecular complexity index is 517. The molecule has 0 spiro atoms. The fraction of sp³-hybridized carbons (Fsp3) is 1.00. The molecular weight excluding hydrogens is 344 g/mol. The molecule has 0 aromatic heterocycles. The maximum Gasteiger partial charge on any atom is 0.223 e. The number of sulfonamides is 2. The maximum absolute atomic E-state index is 12.1. The molecule has 3 unspecified atom stereocenters. The minimum atomic E-state index is -3.40. The minimum absolute atomic E-state index is 0.0584. The fourth-order valence-electron chi connectivity index (χ4n) is 1.64. The standard InChI is InChI=1S/C13H30N2O4S3/c1-6-11(3)15-21(16,17)12(4)8-7-10(2)9-14-22(18,19)13(5)20/h10-15,20H,6-9H2,1-5H3/t10?,11-,12?,13?/m0/s1. The molecule has 4 atom stereocenters. The van der Waals surface area contributed by atoms with E-state index in [-0.39, 0.29) is 12.0 Å². The molecule has 0 aliphatic carbocycles. The average molecular weight is 375 g/mol. The topological polar surface area (TPSA) is 92.3 Å². The lowest BCUT2D eigenvalue weighted by Crippen LogP contribution is -2.38. The van der Waals surface area contributed by atoms with Gasteiger partial charge in [0.1, 0.15) is 4.58 Å². The molecule has 0 bridgehead atoms. The predicted molar refractivity (Wildman–Crippen MR) is 95.0 cm³/mol. The van der Waals surface area contributed by atoms with Gasteiger partial charge in [-0.2, -0.15) is 12.6 Å². The van der Waals surface area contributed by atoms with E-state index in [9.17, 15) is 16.8 Å². The molecule has 22 heavy (non-hydrogen) atoms. The van der Waals surface area contributed by atoms with Crippen LogP contribution in [0.5, 0.6) is 0 Å². The van der Waals surface area contributed by atoms with Crippen LogP contribution in [0.1, 0.15) is 53.9 Å². The lowest BCUT2D eigenvalue weighted by atomic mass is 10.1. The van der Waals surface area contributed by atoms with Crippen molar-refractivity contribution in [3.8, 4) is 0 Å². The zero-order valence-corrected chi connectivity index (χ0v) is 16.6. The van der Waals surface area contributed by atoms with Crippen molar-refractivity contribution in [2.45, 2.75) is 69.8 Å². The van der Waals surface area contributed by atoms with Gasteiger partial charge >= 0.3 is 0 Å². The first kappa shape index (κ1) is 22.2. The van der Waals surface area contributed by atoms with E-state index in [0.29, 0.717) is 19.4 Å². The van der Waals surface area contributed by atoms with Gasteiger partial charge in [0.25, 0.3) is 0 Å². The monoisotopic (exact) mass is 374 g/mol. The van der Waals surface area contributed by atoms with Crippen LogP contribution in [-0.4, -0.2) is 39.3 Å². The van der Waals surface area contributed by atoms with Gasteiger partial charge in [-0.3, -0.25) is 0 Å². The van der Waals surface area contributed by atoms with Crippen molar-refractivity contribution in [3.63, 3.8) is 0 Å². The molecule has 0 rings (SSSR count). The Morgan fingerprint density at radius 1 is 0.955 bits per heavy atom. The Labute approximate surface area is 141 Å². The highest BCUT2D eigenvalue weighted by Crippen LogP contribution is 2.14. The summed E-state index contributed by atoms with van der Waals surface area (Å²) in [5.74, 6) is 0.0584. The molecule has 0 aliphatic heterocycles. The largest absolute Gasteiger partial charge is 0.223 e. The van der Waals surface area contributed by atoms with Crippen LogP contribution >= 0.6 is 12.6 Å². The van der Waals surface area contributed by atoms with Crippen molar-refractivity contribution >= 4 is 32.7 Å². The molecule has 0 amide bonds. The van der Waals surface area contributed by atoms with Crippen molar-refractivity contribution in [1.29, 1.82) is 0 Å². The third-order valence-corrected chi connectivity index (χ3v) is 7.98. The van der Waals surface area contributed by atoms with Crippen LogP contribution < -0.4 is 9.44 Å². The third-order valence-electron chi connectivity index (χ3n) is 3.66. The van der Waals surface area contributed by atoms with E-state index in [1.165, 1.54) is 6.92 Å². The lowest BCUT2D eigenvalue weighted by molar-refractivity contribution is 0.479. The fourth-order valence-corrected chi connectivity index (χ4v) is 4.02. The normalized spacial score (nSPS) is 18.6. The Morgan fingerprint density at radius 3 is 1.95 bits per heavy atom. The summed E-state index contributed by atoms with van der Waals surface area (Å²) >= 11 is 3.91. The molecule has 0 heterocycles. The number of rotatable bonds is 11. The maximum atomic E-state index is 12.1. The van der Waals surface area contributed by atoms with Gasteiger partial charge in [-0.15, -0.1) is 0 Å². The van der Waals surface area contributed by atoms with E-state index < -0.39 is 29.9 Å². The van der Waals surface area contributed by atoms with Crippen molar-refractivity contribution in [2.75, 3.05) is 6.54 Å². The first-order valence-electron chi connectivity index (χ1n) is 7.60. The molecule has 0 aromatic rings. The summed E-state index contributed by atoms with van der Waals surface area (Å²) in [7, 11) is -6.72. The smallest absolute Gasteiger partial charge is 0.214 e. The van der Waals surface area contributed by atoms with Gasteiger partial charge in [0, 0.05) is 12.6 Å². The van der Waals surface area contributed by atoms with Crippen molar-refractivity contribution < 1.29 is 16.8 Å². The molecule has 0 aliphatic rings. The van der Waals surface area contributed by atoms with Gasteiger partial charge < -0.3 is 0 Å². The summed E-state index contributed by atoms with van der Waals surface area (Å²) in [4.78, 5) is 0. The second-order valence-electron chi connectivity index (χ2n) is 5.96. The SMILES string of the molecule is CC[C@H](C)NS(=O)(=O)C(C)CCC(C)CNS(=O)(=O)C(C)S. The highest BCUT2D eigenvalue weighted by atomic mass is 32.3. The van der Waals surface area contributed by atoms with Crippen LogP contribution in [-0.2, 0) is 20.0 Å². The first-order chi connectivity index (χ1) is 9.92. The van der Waals surface area contributed by atoms with E-state index in [4.69, 9.17) is 0 Å². The molecule has 0 radical (unpaired) electrons. The minimum Gasteiger partial charge on any atom is -0.214 e. The van der Waals surface area contributed by atoms with Gasteiger partial charge in [-0.25, -0.2) is 26.3 Å². The van der Waals surface area contributed by atoms with Gasteiger partial charge in [-0.05, 0) is 46.0 Å². The summed E-state index contributed by atoms with van der Waals surface area (Å²) in [5.41, 5.74) is 0. The van der Waals surface area contributed by atoms with Crippen LogP contribution in [0.2, 0.25) is 0 Å². The van der Waals surface area contributed by atoms with Crippen molar-refractivity contribution in [2.24, 2.45) is 5.92 Å². The second-order valence-corrected chi connectivity index (χ2v) is 11.3. The molecule has 134 valence electrons. The summed E-state index contributed by atoms with van der Waals surface area (Å²) in [5, 5.41) is -0.496. The second kappa shape index (κ2) is 9.46. The molecule has 9 heteroatoms. The Morgan fingerprint density at radius 2 is 1.50 bits per heavy atom. The summed E-state index contributed by atoms with van der Waals surface area (Å²) in [6.07, 6.45) is 1.86. The third kappa shape index (κ3) is 8.14. The molecule has 6 nitrogen and oxygen atoms in total. The average Bonchev–Trinajstić information content (AvgIpc) is 2.41. The lowest BCUT2D eigenvalue weighted by Gasteiger charge is -2.19. The summed E-state index contributed by atoms with van der Waals surface area (Å²) in [6, 6.07) is -0.0754. The highest BCUT2D eigenvalue weighted by molar-refractivity contribution is 8.03. The van der Waals surface area contributed by atoms with Gasteiger partial charge in [0.2, 0.25) is 20.0 Å². The highest BCUT2D eigenvalue weighted by Gasteiger charge is 2.23. The van der Waals surface area contributed by atoms with E-state index in [1.54, 1.807) is 6.92 Å². The summed E-state index contributed by atoms with van der Waals surface area (Å²) < 4.78 is 51.7. The van der Waals surface area contributed by atoms with Crippen LogP contribution in [0.4, 0.5) is 0 Å². The number of hydrogen-bond acceptors (Lipinski definition) is 5. The molecule has 0 fully saturated rings. The van der Waals surface area contributed by atoms with E-state index >= 15 is 0 Å². The van der Waals surface area contributed by atoms with Crippen LogP contribution in [0, 0.1) is 5.92 Å². The zero-order chi connectivity index (χ0) is 17.6. The van der Waals surface area contributed by atoms with E-state index in [2.05, 4.69) is 22.1 Å². The van der Waals surface area contributed by atoms with Gasteiger partial charge in [-0.1, -0.05) is 13.8 Å². The van der Waals surface area contributed by atoms with E-state index in [1.807, 2.05) is 20.8 Å².